The average Bonchev–Trinajstić information content (AvgIpc) is 2.65. The molecular formula is C13H21NS. The van der Waals surface area contributed by atoms with Crippen LogP contribution in [0.15, 0.2) is 24.8 Å². The molecule has 0 saturated heterocycles. The smallest absolute Gasteiger partial charge is 0.0417 e. The van der Waals surface area contributed by atoms with Gasteiger partial charge in [-0.2, -0.15) is 0 Å². The summed E-state index contributed by atoms with van der Waals surface area (Å²) in [6.45, 7) is 9.25. The second-order valence-corrected chi connectivity index (χ2v) is 5.14. The van der Waals surface area contributed by atoms with Crippen LogP contribution >= 0.6 is 11.3 Å². The Balaban J connectivity index is 2.58. The Labute approximate surface area is 97.2 Å². The summed E-state index contributed by atoms with van der Waals surface area (Å²) in [4.78, 5) is 2.86. The molecule has 0 amide bonds. The third-order valence-corrected chi connectivity index (χ3v) is 3.52. The lowest BCUT2D eigenvalue weighted by Gasteiger charge is -2.16. The maximum atomic E-state index is 3.79. The van der Waals surface area contributed by atoms with Crippen molar-refractivity contribution in [2.24, 2.45) is 0 Å². The third kappa shape index (κ3) is 4.18. The highest BCUT2D eigenvalue weighted by molar-refractivity contribution is 7.12. The molecule has 1 atom stereocenters. The molecule has 0 aliphatic heterocycles. The molecule has 0 aromatic carbocycles. The summed E-state index contributed by atoms with van der Waals surface area (Å²) in [6, 6.07) is 4.96. The van der Waals surface area contributed by atoms with Crippen LogP contribution in [-0.4, -0.2) is 6.54 Å². The number of allylic oxidation sites excluding steroid dienone is 1. The van der Waals surface area contributed by atoms with Crippen molar-refractivity contribution in [3.63, 3.8) is 0 Å². The summed E-state index contributed by atoms with van der Waals surface area (Å²) in [5.74, 6) is 0. The summed E-state index contributed by atoms with van der Waals surface area (Å²) < 4.78 is 0. The van der Waals surface area contributed by atoms with Gasteiger partial charge in [0, 0.05) is 15.8 Å². The van der Waals surface area contributed by atoms with Crippen molar-refractivity contribution in [3.05, 3.63) is 34.5 Å². The van der Waals surface area contributed by atoms with Crippen LogP contribution in [0.3, 0.4) is 0 Å². The predicted molar refractivity (Wildman–Crippen MR) is 69.5 cm³/mol. The van der Waals surface area contributed by atoms with E-state index in [1.54, 1.807) is 0 Å². The van der Waals surface area contributed by atoms with Gasteiger partial charge >= 0.3 is 0 Å². The topological polar surface area (TPSA) is 12.0 Å². The van der Waals surface area contributed by atoms with Crippen molar-refractivity contribution < 1.29 is 0 Å². The molecule has 1 rings (SSSR count). The van der Waals surface area contributed by atoms with E-state index < -0.39 is 0 Å². The van der Waals surface area contributed by atoms with Crippen molar-refractivity contribution in [3.8, 4) is 0 Å². The largest absolute Gasteiger partial charge is 0.309 e. The van der Waals surface area contributed by atoms with Gasteiger partial charge in [0.05, 0.1) is 0 Å². The SMILES string of the molecule is C=CCCC(NCCC)c1ccc(C)s1. The Bertz CT molecular complexity index is 290. The molecule has 1 aromatic heterocycles. The molecule has 0 radical (unpaired) electrons. The van der Waals surface area contributed by atoms with Gasteiger partial charge in [-0.05, 0) is 44.9 Å². The second kappa shape index (κ2) is 6.81. The van der Waals surface area contributed by atoms with Gasteiger partial charge in [-0.25, -0.2) is 0 Å². The minimum absolute atomic E-state index is 0.515. The van der Waals surface area contributed by atoms with Crippen LogP contribution in [0.25, 0.3) is 0 Å². The number of thiophene rings is 1. The van der Waals surface area contributed by atoms with Gasteiger partial charge < -0.3 is 5.32 Å². The molecule has 1 N–H and O–H groups in total. The average molecular weight is 223 g/mol. The van der Waals surface area contributed by atoms with Crippen LogP contribution in [0.4, 0.5) is 0 Å². The fraction of sp³-hybridized carbons (Fsp3) is 0.538. The molecule has 1 heterocycles. The van der Waals surface area contributed by atoms with Crippen molar-refractivity contribution in [1.29, 1.82) is 0 Å². The van der Waals surface area contributed by atoms with E-state index in [1.165, 1.54) is 16.2 Å². The van der Waals surface area contributed by atoms with E-state index in [1.807, 2.05) is 17.4 Å². The zero-order valence-electron chi connectivity index (χ0n) is 9.75. The fourth-order valence-electron chi connectivity index (χ4n) is 1.59. The minimum atomic E-state index is 0.515. The Hall–Kier alpha value is -0.600. The first-order valence-electron chi connectivity index (χ1n) is 5.68. The molecule has 0 aliphatic carbocycles. The van der Waals surface area contributed by atoms with E-state index in [0.717, 1.165) is 19.4 Å². The maximum Gasteiger partial charge on any atom is 0.0417 e. The van der Waals surface area contributed by atoms with Crippen LogP contribution in [-0.2, 0) is 0 Å². The highest BCUT2D eigenvalue weighted by Crippen LogP contribution is 2.26. The van der Waals surface area contributed by atoms with Crippen molar-refractivity contribution in [1.82, 2.24) is 5.32 Å². The quantitative estimate of drug-likeness (QED) is 0.687. The lowest BCUT2D eigenvalue weighted by molar-refractivity contribution is 0.510. The van der Waals surface area contributed by atoms with E-state index in [2.05, 4.69) is 37.9 Å². The van der Waals surface area contributed by atoms with E-state index in [4.69, 9.17) is 0 Å². The van der Waals surface area contributed by atoms with Gasteiger partial charge in [-0.1, -0.05) is 13.0 Å². The number of hydrogen-bond donors (Lipinski definition) is 1. The second-order valence-electron chi connectivity index (χ2n) is 3.82. The first-order chi connectivity index (χ1) is 7.27. The van der Waals surface area contributed by atoms with Crippen LogP contribution in [0, 0.1) is 6.92 Å². The van der Waals surface area contributed by atoms with Crippen molar-refractivity contribution in [2.45, 2.75) is 39.2 Å². The molecule has 0 spiro atoms. The lowest BCUT2D eigenvalue weighted by atomic mass is 10.1. The van der Waals surface area contributed by atoms with Gasteiger partial charge in [0.25, 0.3) is 0 Å². The van der Waals surface area contributed by atoms with Gasteiger partial charge in [0.2, 0.25) is 0 Å². The predicted octanol–water partition coefficient (Wildman–Crippen LogP) is 4.06. The van der Waals surface area contributed by atoms with Crippen molar-refractivity contribution >= 4 is 11.3 Å². The van der Waals surface area contributed by atoms with Crippen LogP contribution < -0.4 is 5.32 Å². The molecule has 84 valence electrons. The molecule has 1 aromatic rings. The summed E-state index contributed by atoms with van der Waals surface area (Å²) in [6.07, 6.45) is 5.43. The van der Waals surface area contributed by atoms with Crippen molar-refractivity contribution in [2.75, 3.05) is 6.54 Å². The zero-order valence-corrected chi connectivity index (χ0v) is 10.6. The monoisotopic (exact) mass is 223 g/mol. The minimum Gasteiger partial charge on any atom is -0.309 e. The highest BCUT2D eigenvalue weighted by Gasteiger charge is 2.11. The number of aryl methyl sites for hydroxylation is 1. The lowest BCUT2D eigenvalue weighted by Crippen LogP contribution is -2.21. The molecular weight excluding hydrogens is 202 g/mol. The summed E-state index contributed by atoms with van der Waals surface area (Å²) in [5, 5.41) is 3.60. The standard InChI is InChI=1S/C13H21NS/c1-4-6-7-12(14-10-5-2)13-9-8-11(3)15-13/h4,8-9,12,14H,1,5-7,10H2,2-3H3. The van der Waals surface area contributed by atoms with Gasteiger partial charge in [-0.3, -0.25) is 0 Å². The molecule has 15 heavy (non-hydrogen) atoms. The normalized spacial score (nSPS) is 12.7. The number of hydrogen-bond acceptors (Lipinski definition) is 2. The zero-order chi connectivity index (χ0) is 11.1. The Morgan fingerprint density at radius 2 is 2.33 bits per heavy atom. The molecule has 0 fully saturated rings. The van der Waals surface area contributed by atoms with Gasteiger partial charge in [0.15, 0.2) is 0 Å². The van der Waals surface area contributed by atoms with E-state index >= 15 is 0 Å². The maximum absolute atomic E-state index is 3.79. The summed E-state index contributed by atoms with van der Waals surface area (Å²) >= 11 is 1.90. The molecule has 0 aliphatic rings. The molecule has 2 heteroatoms. The van der Waals surface area contributed by atoms with Crippen LogP contribution in [0.5, 0.6) is 0 Å². The molecule has 0 bridgehead atoms. The first-order valence-corrected chi connectivity index (χ1v) is 6.50. The molecule has 1 nitrogen and oxygen atoms in total. The van der Waals surface area contributed by atoms with E-state index in [0.29, 0.717) is 6.04 Å². The van der Waals surface area contributed by atoms with E-state index in [-0.39, 0.29) is 0 Å². The van der Waals surface area contributed by atoms with Crippen LogP contribution in [0.2, 0.25) is 0 Å². The van der Waals surface area contributed by atoms with Crippen LogP contribution in [0.1, 0.15) is 42.0 Å². The highest BCUT2D eigenvalue weighted by atomic mass is 32.1. The summed E-state index contributed by atoms with van der Waals surface area (Å²) in [5.41, 5.74) is 0. The van der Waals surface area contributed by atoms with E-state index in [9.17, 15) is 0 Å². The van der Waals surface area contributed by atoms with Gasteiger partial charge in [-0.15, -0.1) is 17.9 Å². The Kier molecular flexibility index (Phi) is 5.66. The molecule has 1 unspecified atom stereocenters. The Morgan fingerprint density at radius 1 is 1.53 bits per heavy atom. The number of rotatable bonds is 7. The third-order valence-electron chi connectivity index (χ3n) is 2.40. The number of nitrogens with one attached hydrogen (secondary N) is 1. The molecule has 0 saturated carbocycles. The summed E-state index contributed by atoms with van der Waals surface area (Å²) in [7, 11) is 0. The Morgan fingerprint density at radius 3 is 2.87 bits per heavy atom. The fourth-order valence-corrected chi connectivity index (χ4v) is 2.58. The first kappa shape index (κ1) is 12.5. The van der Waals surface area contributed by atoms with Gasteiger partial charge in [0.1, 0.15) is 0 Å².